The minimum atomic E-state index is -1.33. The number of carboxylic acids is 1. The fourth-order valence-corrected chi connectivity index (χ4v) is 3.94. The molecular formula is C24H35N5O7. The first-order valence-corrected chi connectivity index (χ1v) is 11.9. The monoisotopic (exact) mass is 505 g/mol. The summed E-state index contributed by atoms with van der Waals surface area (Å²) in [5.74, 6) is -3.86. The maximum Gasteiger partial charge on any atom is 0.326 e. The van der Waals surface area contributed by atoms with Gasteiger partial charge in [0.05, 0.1) is 6.04 Å². The van der Waals surface area contributed by atoms with Crippen molar-refractivity contribution in [2.24, 2.45) is 17.4 Å². The van der Waals surface area contributed by atoms with E-state index in [1.54, 1.807) is 13.8 Å². The number of hydrogen-bond acceptors (Lipinski definition) is 7. The van der Waals surface area contributed by atoms with Crippen LogP contribution in [-0.4, -0.2) is 75.4 Å². The first-order valence-electron chi connectivity index (χ1n) is 11.9. The van der Waals surface area contributed by atoms with Gasteiger partial charge in [-0.3, -0.25) is 19.2 Å². The number of hydrogen-bond donors (Lipinski definition) is 6. The lowest BCUT2D eigenvalue weighted by atomic mass is 10.0. The number of phenolic OH excluding ortho intramolecular Hbond substituents is 1. The van der Waals surface area contributed by atoms with Crippen molar-refractivity contribution >= 4 is 29.6 Å². The van der Waals surface area contributed by atoms with Crippen LogP contribution in [0.5, 0.6) is 5.75 Å². The van der Waals surface area contributed by atoms with Crippen LogP contribution in [0.15, 0.2) is 24.3 Å². The molecule has 36 heavy (non-hydrogen) atoms. The van der Waals surface area contributed by atoms with Gasteiger partial charge in [-0.2, -0.15) is 0 Å². The number of primary amides is 1. The highest BCUT2D eigenvalue weighted by Gasteiger charge is 2.38. The van der Waals surface area contributed by atoms with Gasteiger partial charge >= 0.3 is 5.97 Å². The summed E-state index contributed by atoms with van der Waals surface area (Å²) in [6, 6.07) is 1.65. The Bertz CT molecular complexity index is 966. The summed E-state index contributed by atoms with van der Waals surface area (Å²) in [5, 5.41) is 24.0. The molecule has 1 fully saturated rings. The van der Waals surface area contributed by atoms with Gasteiger partial charge in [0.2, 0.25) is 23.6 Å². The zero-order chi connectivity index (χ0) is 27.0. The molecular weight excluding hydrogens is 470 g/mol. The normalized spacial score (nSPS) is 17.8. The third-order valence-corrected chi connectivity index (χ3v) is 6.15. The lowest BCUT2D eigenvalue weighted by Crippen LogP contribution is -2.57. The molecule has 0 radical (unpaired) electrons. The summed E-state index contributed by atoms with van der Waals surface area (Å²) in [6.45, 7) is 3.95. The van der Waals surface area contributed by atoms with Crippen LogP contribution >= 0.6 is 0 Å². The Morgan fingerprint density at radius 2 is 1.72 bits per heavy atom. The number of carboxylic acid groups (broad SMARTS) is 1. The van der Waals surface area contributed by atoms with Crippen LogP contribution in [0.3, 0.4) is 0 Å². The van der Waals surface area contributed by atoms with Crippen molar-refractivity contribution in [3.63, 3.8) is 0 Å². The largest absolute Gasteiger partial charge is 0.508 e. The molecule has 1 aliphatic heterocycles. The number of benzene rings is 1. The predicted molar refractivity (Wildman–Crippen MR) is 129 cm³/mol. The number of likely N-dealkylation sites (tertiary alicyclic amines) is 1. The molecule has 1 saturated heterocycles. The van der Waals surface area contributed by atoms with E-state index >= 15 is 0 Å². The van der Waals surface area contributed by atoms with E-state index in [9.17, 15) is 34.2 Å². The number of carbonyl (C=O) groups is 5. The first kappa shape index (κ1) is 28.6. The van der Waals surface area contributed by atoms with E-state index in [1.807, 2.05) is 0 Å². The van der Waals surface area contributed by atoms with Crippen molar-refractivity contribution in [3.8, 4) is 5.75 Å². The van der Waals surface area contributed by atoms with Crippen LogP contribution in [0.25, 0.3) is 0 Å². The van der Waals surface area contributed by atoms with Gasteiger partial charge < -0.3 is 37.2 Å². The highest BCUT2D eigenvalue weighted by Crippen LogP contribution is 2.20. The Hall–Kier alpha value is -3.67. The quantitative estimate of drug-likeness (QED) is 0.212. The molecule has 12 heteroatoms. The average Bonchev–Trinajstić information content (AvgIpc) is 3.31. The van der Waals surface area contributed by atoms with Crippen molar-refractivity contribution in [1.29, 1.82) is 0 Å². The molecule has 1 aliphatic rings. The van der Waals surface area contributed by atoms with Gasteiger partial charge in [-0.05, 0) is 42.9 Å². The number of carbonyl (C=O) groups excluding carboxylic acids is 4. The molecule has 0 aromatic heterocycles. The fraction of sp³-hybridized carbons (Fsp3) is 0.542. The van der Waals surface area contributed by atoms with E-state index in [-0.39, 0.29) is 36.8 Å². The van der Waals surface area contributed by atoms with Gasteiger partial charge in [-0.25, -0.2) is 4.79 Å². The number of aromatic hydroxyl groups is 1. The molecule has 4 atom stereocenters. The molecule has 8 N–H and O–H groups in total. The SMILES string of the molecule is CC(C)C(N)C(=O)N1CCCC1C(=O)NC(CCC(N)=O)C(=O)NC(Cc1ccc(O)cc1)C(=O)O. The van der Waals surface area contributed by atoms with Crippen LogP contribution in [0.2, 0.25) is 0 Å². The van der Waals surface area contributed by atoms with Gasteiger partial charge in [-0.1, -0.05) is 26.0 Å². The highest BCUT2D eigenvalue weighted by atomic mass is 16.4. The van der Waals surface area contributed by atoms with Gasteiger partial charge in [0.25, 0.3) is 0 Å². The predicted octanol–water partition coefficient (Wildman–Crippen LogP) is -0.771. The molecule has 4 unspecified atom stereocenters. The second-order valence-corrected chi connectivity index (χ2v) is 9.30. The lowest BCUT2D eigenvalue weighted by molar-refractivity contribution is -0.143. The molecule has 0 aliphatic carbocycles. The molecule has 0 saturated carbocycles. The number of nitrogens with zero attached hydrogens (tertiary/aromatic N) is 1. The van der Waals surface area contributed by atoms with Crippen LogP contribution < -0.4 is 22.1 Å². The minimum Gasteiger partial charge on any atom is -0.508 e. The van der Waals surface area contributed by atoms with Gasteiger partial charge in [0.1, 0.15) is 23.9 Å². The highest BCUT2D eigenvalue weighted by molar-refractivity contribution is 5.94. The molecule has 0 spiro atoms. The maximum atomic E-state index is 13.1. The summed E-state index contributed by atoms with van der Waals surface area (Å²) >= 11 is 0. The molecule has 1 aromatic carbocycles. The van der Waals surface area contributed by atoms with E-state index in [1.165, 1.54) is 29.2 Å². The van der Waals surface area contributed by atoms with E-state index in [0.717, 1.165) is 0 Å². The molecule has 1 aromatic rings. The Morgan fingerprint density at radius 1 is 1.08 bits per heavy atom. The zero-order valence-electron chi connectivity index (χ0n) is 20.5. The number of phenols is 1. The summed E-state index contributed by atoms with van der Waals surface area (Å²) in [5.41, 5.74) is 11.8. The van der Waals surface area contributed by atoms with E-state index in [4.69, 9.17) is 11.5 Å². The summed E-state index contributed by atoms with van der Waals surface area (Å²) in [4.78, 5) is 63.3. The van der Waals surface area contributed by atoms with E-state index in [0.29, 0.717) is 24.9 Å². The summed E-state index contributed by atoms with van der Waals surface area (Å²) in [6.07, 6.45) is 0.520. The van der Waals surface area contributed by atoms with Gasteiger partial charge in [-0.15, -0.1) is 0 Å². The smallest absolute Gasteiger partial charge is 0.326 e. The fourth-order valence-electron chi connectivity index (χ4n) is 3.94. The van der Waals surface area contributed by atoms with E-state index in [2.05, 4.69) is 10.6 Å². The third-order valence-electron chi connectivity index (χ3n) is 6.15. The number of aliphatic carboxylic acids is 1. The molecule has 2 rings (SSSR count). The Labute approximate surface area is 209 Å². The standard InChI is InChI=1S/C24H35N5O7/c1-13(2)20(26)23(34)29-11-3-4-18(29)22(33)27-16(9-10-19(25)31)21(32)28-17(24(35)36)12-14-5-7-15(30)8-6-14/h5-8,13,16-18,20,30H,3-4,9-12,26H2,1-2H3,(H2,25,31)(H,27,33)(H,28,32)(H,35,36). The number of rotatable bonds is 12. The zero-order valence-corrected chi connectivity index (χ0v) is 20.5. The molecule has 1 heterocycles. The van der Waals surface area contributed by atoms with Crippen LogP contribution in [0, 0.1) is 5.92 Å². The third kappa shape index (κ3) is 7.94. The number of nitrogens with one attached hydrogen (secondary N) is 2. The van der Waals surface area contributed by atoms with Crippen LogP contribution in [0.4, 0.5) is 0 Å². The molecule has 198 valence electrons. The van der Waals surface area contributed by atoms with Crippen molar-refractivity contribution in [2.45, 2.75) is 70.1 Å². The van der Waals surface area contributed by atoms with Crippen molar-refractivity contribution in [1.82, 2.24) is 15.5 Å². The second kappa shape index (κ2) is 12.9. The molecule has 12 nitrogen and oxygen atoms in total. The van der Waals surface area contributed by atoms with E-state index < -0.39 is 47.9 Å². The Balaban J connectivity index is 2.14. The van der Waals surface area contributed by atoms with Crippen molar-refractivity contribution in [2.75, 3.05) is 6.54 Å². The Morgan fingerprint density at radius 3 is 2.28 bits per heavy atom. The lowest BCUT2D eigenvalue weighted by Gasteiger charge is -2.29. The molecule has 0 bridgehead atoms. The average molecular weight is 506 g/mol. The minimum absolute atomic E-state index is 0.0117. The van der Waals surface area contributed by atoms with Gasteiger partial charge in [0, 0.05) is 19.4 Å². The van der Waals surface area contributed by atoms with Gasteiger partial charge in [0.15, 0.2) is 0 Å². The maximum absolute atomic E-state index is 13.1. The summed E-state index contributed by atoms with van der Waals surface area (Å²) in [7, 11) is 0. The summed E-state index contributed by atoms with van der Waals surface area (Å²) < 4.78 is 0. The topological polar surface area (TPSA) is 205 Å². The van der Waals surface area contributed by atoms with Crippen LogP contribution in [-0.2, 0) is 30.4 Å². The first-order chi connectivity index (χ1) is 16.9. The molecule has 4 amide bonds. The second-order valence-electron chi connectivity index (χ2n) is 9.30. The van der Waals surface area contributed by atoms with Crippen molar-refractivity contribution in [3.05, 3.63) is 29.8 Å². The Kier molecular flexibility index (Phi) is 10.2. The number of nitrogens with two attached hydrogens (primary N) is 2. The van der Waals surface area contributed by atoms with Crippen LogP contribution in [0.1, 0.15) is 45.1 Å². The number of amides is 4. The van der Waals surface area contributed by atoms with Crippen molar-refractivity contribution < 1.29 is 34.2 Å².